The van der Waals surface area contributed by atoms with Gasteiger partial charge in [0.05, 0.1) is 19.3 Å². The van der Waals surface area contributed by atoms with Gasteiger partial charge in [0.1, 0.15) is 5.60 Å². The van der Waals surface area contributed by atoms with Crippen LogP contribution in [-0.4, -0.2) is 59.4 Å². The van der Waals surface area contributed by atoms with Crippen molar-refractivity contribution in [3.05, 3.63) is 40.3 Å². The Morgan fingerprint density at radius 3 is 3.04 bits per heavy atom. The second-order valence-electron chi connectivity index (χ2n) is 7.19. The van der Waals surface area contributed by atoms with Gasteiger partial charge in [0.25, 0.3) is 0 Å². The summed E-state index contributed by atoms with van der Waals surface area (Å²) in [5.74, 6) is 0.656. The molecule has 0 aliphatic carbocycles. The maximum absolute atomic E-state index is 6.48. The smallest absolute Gasteiger partial charge is 0.222 e. The van der Waals surface area contributed by atoms with Crippen molar-refractivity contribution in [2.75, 3.05) is 38.2 Å². The molecule has 0 saturated carbocycles. The van der Waals surface area contributed by atoms with Crippen LogP contribution >= 0.6 is 11.3 Å². The molecule has 0 bridgehead atoms. The first-order valence-electron chi connectivity index (χ1n) is 9.25. The van der Waals surface area contributed by atoms with Gasteiger partial charge in [-0.1, -0.05) is 0 Å². The summed E-state index contributed by atoms with van der Waals surface area (Å²) in [5.41, 5.74) is -0.188. The molecule has 0 unspecified atom stereocenters. The highest BCUT2D eigenvalue weighted by atomic mass is 32.1. The first-order chi connectivity index (χ1) is 12.7. The van der Waals surface area contributed by atoms with Gasteiger partial charge in [0.2, 0.25) is 5.95 Å². The number of aryl methyl sites for hydroxylation is 1. The van der Waals surface area contributed by atoms with Crippen LogP contribution in [0.4, 0.5) is 5.95 Å². The number of nitrogens with one attached hydrogen (secondary N) is 1. The van der Waals surface area contributed by atoms with E-state index in [0.717, 1.165) is 45.6 Å². The lowest BCUT2D eigenvalue weighted by Gasteiger charge is -2.31. The Morgan fingerprint density at radius 2 is 2.23 bits per heavy atom. The van der Waals surface area contributed by atoms with Crippen molar-refractivity contribution in [2.24, 2.45) is 0 Å². The van der Waals surface area contributed by atoms with Crippen LogP contribution in [0, 0.1) is 6.92 Å². The quantitative estimate of drug-likeness (QED) is 0.868. The number of thiophene rings is 1. The molecule has 2 aromatic heterocycles. The van der Waals surface area contributed by atoms with E-state index in [1.54, 1.807) is 12.4 Å². The summed E-state index contributed by atoms with van der Waals surface area (Å²) in [6, 6.07) is 6.25. The number of hydrogen-bond acceptors (Lipinski definition) is 7. The highest BCUT2D eigenvalue weighted by Gasteiger charge is 2.43. The molecule has 0 radical (unpaired) electrons. The zero-order valence-corrected chi connectivity index (χ0v) is 16.0. The fourth-order valence-electron chi connectivity index (χ4n) is 3.77. The molecule has 2 saturated heterocycles. The number of nitrogens with zero attached hydrogens (tertiary/aromatic N) is 3. The van der Waals surface area contributed by atoms with Gasteiger partial charge in [-0.25, -0.2) is 9.97 Å². The van der Waals surface area contributed by atoms with Gasteiger partial charge in [-0.15, -0.1) is 11.3 Å². The van der Waals surface area contributed by atoms with Crippen LogP contribution in [0.25, 0.3) is 0 Å². The van der Waals surface area contributed by atoms with E-state index in [2.05, 4.69) is 39.2 Å². The van der Waals surface area contributed by atoms with E-state index in [9.17, 15) is 0 Å². The summed E-state index contributed by atoms with van der Waals surface area (Å²) in [6.45, 7) is 7.23. The third kappa shape index (κ3) is 4.40. The molecule has 6 nitrogen and oxygen atoms in total. The summed E-state index contributed by atoms with van der Waals surface area (Å²) in [4.78, 5) is 13.7. The van der Waals surface area contributed by atoms with E-state index >= 15 is 0 Å². The van der Waals surface area contributed by atoms with Crippen molar-refractivity contribution in [3.63, 3.8) is 0 Å². The van der Waals surface area contributed by atoms with Crippen molar-refractivity contribution in [3.8, 4) is 0 Å². The molecule has 4 rings (SSSR count). The van der Waals surface area contributed by atoms with Crippen LogP contribution < -0.4 is 5.32 Å². The van der Waals surface area contributed by atoms with Crippen LogP contribution in [0.15, 0.2) is 30.6 Å². The van der Waals surface area contributed by atoms with Crippen molar-refractivity contribution < 1.29 is 9.47 Å². The lowest BCUT2D eigenvalue weighted by Crippen LogP contribution is -2.44. The lowest BCUT2D eigenvalue weighted by molar-refractivity contribution is -0.0826. The molecule has 1 spiro atoms. The molecule has 4 heterocycles. The third-order valence-corrected chi connectivity index (χ3v) is 5.98. The van der Waals surface area contributed by atoms with Crippen LogP contribution in [-0.2, 0) is 16.0 Å². The summed E-state index contributed by atoms with van der Waals surface area (Å²) in [7, 11) is 0. The van der Waals surface area contributed by atoms with Gasteiger partial charge < -0.3 is 14.8 Å². The van der Waals surface area contributed by atoms with Crippen LogP contribution in [0.2, 0.25) is 0 Å². The molecule has 0 aromatic carbocycles. The van der Waals surface area contributed by atoms with E-state index in [4.69, 9.17) is 9.47 Å². The summed E-state index contributed by atoms with van der Waals surface area (Å²) in [5, 5.41) is 3.28. The minimum Gasteiger partial charge on any atom is -0.377 e. The zero-order valence-electron chi connectivity index (χ0n) is 15.2. The van der Waals surface area contributed by atoms with E-state index in [0.29, 0.717) is 12.6 Å². The maximum atomic E-state index is 6.48. The third-order valence-electron chi connectivity index (χ3n) is 5.00. The monoisotopic (exact) mass is 374 g/mol. The van der Waals surface area contributed by atoms with Gasteiger partial charge in [-0.05, 0) is 38.0 Å². The van der Waals surface area contributed by atoms with E-state index in [1.165, 1.54) is 9.75 Å². The Bertz CT molecular complexity index is 711. The Kier molecular flexibility index (Phi) is 5.49. The number of rotatable bonds is 5. The first-order valence-corrected chi connectivity index (χ1v) is 10.1. The zero-order chi connectivity index (χ0) is 17.8. The Labute approximate surface area is 158 Å². The molecule has 2 aromatic rings. The second kappa shape index (κ2) is 8.00. The molecule has 140 valence electrons. The normalized spacial score (nSPS) is 26.9. The van der Waals surface area contributed by atoms with Crippen LogP contribution in [0.3, 0.4) is 0 Å². The fraction of sp³-hybridized carbons (Fsp3) is 0.579. The van der Waals surface area contributed by atoms with Crippen molar-refractivity contribution in [2.45, 2.75) is 38.0 Å². The molecule has 7 heteroatoms. The maximum Gasteiger partial charge on any atom is 0.222 e. The van der Waals surface area contributed by atoms with Gasteiger partial charge in [-0.3, -0.25) is 4.90 Å². The molecule has 1 N–H and O–H groups in total. The predicted octanol–water partition coefficient (Wildman–Crippen LogP) is 2.71. The summed E-state index contributed by atoms with van der Waals surface area (Å²) < 4.78 is 12.4. The molecule has 2 atom stereocenters. The molecule has 0 amide bonds. The van der Waals surface area contributed by atoms with Gasteiger partial charge >= 0.3 is 0 Å². The van der Waals surface area contributed by atoms with Crippen LogP contribution in [0.1, 0.15) is 22.6 Å². The van der Waals surface area contributed by atoms with Crippen LogP contribution in [0.5, 0.6) is 0 Å². The minimum atomic E-state index is -0.188. The van der Waals surface area contributed by atoms with Gasteiger partial charge in [-0.2, -0.15) is 0 Å². The fourth-order valence-corrected chi connectivity index (χ4v) is 4.70. The van der Waals surface area contributed by atoms with Crippen molar-refractivity contribution >= 4 is 17.3 Å². The highest BCUT2D eigenvalue weighted by molar-refractivity contribution is 7.11. The Morgan fingerprint density at radius 1 is 1.35 bits per heavy atom. The average molecular weight is 375 g/mol. The number of ether oxygens (including phenoxy) is 2. The standard InChI is InChI=1S/C19H26N4O2S/c1-15-3-4-17(26-15)12-23-9-10-24-14-19(13-23)6-5-16(25-19)11-22-18-20-7-2-8-21-18/h2-4,7-8,16H,5-6,9-14H2,1H3,(H,20,21,22)/t16-,19+/m0/s1. The number of aromatic nitrogens is 2. The van der Waals surface area contributed by atoms with Gasteiger partial charge in [0.15, 0.2) is 0 Å². The Balaban J connectivity index is 1.34. The topological polar surface area (TPSA) is 59.5 Å². The lowest BCUT2D eigenvalue weighted by atomic mass is 10.00. The molecule has 2 aliphatic heterocycles. The highest BCUT2D eigenvalue weighted by Crippen LogP contribution is 2.33. The van der Waals surface area contributed by atoms with E-state index in [1.807, 2.05) is 17.4 Å². The SMILES string of the molecule is Cc1ccc(CN2CCOC[C@@]3(CC[C@@H](CNc4ncccn4)O3)C2)s1. The predicted molar refractivity (Wildman–Crippen MR) is 103 cm³/mol. The van der Waals surface area contributed by atoms with E-state index < -0.39 is 0 Å². The largest absolute Gasteiger partial charge is 0.377 e. The summed E-state index contributed by atoms with van der Waals surface area (Å²) in [6.07, 6.45) is 5.74. The van der Waals surface area contributed by atoms with Gasteiger partial charge in [0, 0.05) is 48.3 Å². The van der Waals surface area contributed by atoms with Crippen molar-refractivity contribution in [1.29, 1.82) is 0 Å². The molecular weight excluding hydrogens is 348 g/mol. The number of anilines is 1. The average Bonchev–Trinajstić information content (AvgIpc) is 3.18. The molecule has 2 fully saturated rings. The Hall–Kier alpha value is -1.54. The van der Waals surface area contributed by atoms with Crippen molar-refractivity contribution in [1.82, 2.24) is 14.9 Å². The number of hydrogen-bond donors (Lipinski definition) is 1. The minimum absolute atomic E-state index is 0.173. The second-order valence-corrected chi connectivity index (χ2v) is 8.56. The molecule has 2 aliphatic rings. The first kappa shape index (κ1) is 17.9. The molecule has 26 heavy (non-hydrogen) atoms. The molecular formula is C19H26N4O2S. The van der Waals surface area contributed by atoms with E-state index in [-0.39, 0.29) is 11.7 Å². The summed E-state index contributed by atoms with van der Waals surface area (Å²) >= 11 is 1.88.